The van der Waals surface area contributed by atoms with Crippen LogP contribution in [0.1, 0.15) is 35.4 Å². The van der Waals surface area contributed by atoms with E-state index in [4.69, 9.17) is 4.74 Å². The Labute approximate surface area is 157 Å². The Hall–Kier alpha value is -2.09. The topological polar surface area (TPSA) is 107 Å². The molecular weight excluding hydrogens is 348 g/mol. The van der Waals surface area contributed by atoms with E-state index in [0.717, 1.165) is 11.1 Å². The number of hydrogen-bond acceptors (Lipinski definition) is 6. The average Bonchev–Trinajstić information content (AvgIpc) is 2.72. The fourth-order valence-corrected chi connectivity index (χ4v) is 3.33. The summed E-state index contributed by atoms with van der Waals surface area (Å²) < 4.78 is 5.62. The van der Waals surface area contributed by atoms with Crippen molar-refractivity contribution in [3.63, 3.8) is 0 Å². The lowest BCUT2D eigenvalue weighted by Crippen LogP contribution is -2.55. The highest BCUT2D eigenvalue weighted by atomic mass is 16.5. The molecule has 0 spiro atoms. The Morgan fingerprint density at radius 2 is 1.67 bits per heavy atom. The van der Waals surface area contributed by atoms with Gasteiger partial charge >= 0.3 is 0 Å². The van der Waals surface area contributed by atoms with Gasteiger partial charge in [-0.3, -0.25) is 4.79 Å². The molecule has 0 bridgehead atoms. The van der Waals surface area contributed by atoms with Crippen LogP contribution in [0.3, 0.4) is 0 Å². The molecule has 1 fully saturated rings. The van der Waals surface area contributed by atoms with Crippen molar-refractivity contribution >= 4 is 5.78 Å². The van der Waals surface area contributed by atoms with Gasteiger partial charge in [0.2, 0.25) is 0 Å². The molecule has 0 aromatic heterocycles. The van der Waals surface area contributed by atoms with Crippen LogP contribution in [0, 0.1) is 0 Å². The van der Waals surface area contributed by atoms with Crippen LogP contribution >= 0.6 is 0 Å². The minimum atomic E-state index is -1.41. The number of benzene rings is 2. The number of aliphatic hydroxyl groups is 4. The third-order valence-corrected chi connectivity index (χ3v) is 4.97. The molecule has 2 aromatic carbocycles. The second kappa shape index (κ2) is 8.29. The van der Waals surface area contributed by atoms with Crippen LogP contribution in [-0.2, 0) is 4.74 Å². The molecule has 6 nitrogen and oxygen atoms in total. The van der Waals surface area contributed by atoms with Crippen molar-refractivity contribution in [3.8, 4) is 11.1 Å². The van der Waals surface area contributed by atoms with Crippen molar-refractivity contribution < 1.29 is 30.0 Å². The summed E-state index contributed by atoms with van der Waals surface area (Å²) >= 11 is 0. The molecule has 144 valence electrons. The van der Waals surface area contributed by atoms with Gasteiger partial charge < -0.3 is 25.2 Å². The molecule has 0 aliphatic carbocycles. The second-order valence-corrected chi connectivity index (χ2v) is 6.73. The quantitative estimate of drug-likeness (QED) is 0.592. The summed E-state index contributed by atoms with van der Waals surface area (Å²) in [6.45, 7) is 1.36. The highest BCUT2D eigenvalue weighted by Crippen LogP contribution is 2.34. The number of ether oxygens (including phenoxy) is 1. The number of hydrogen-bond donors (Lipinski definition) is 4. The molecule has 0 amide bonds. The Morgan fingerprint density at radius 3 is 2.30 bits per heavy atom. The number of Topliss-reactive ketones (excluding diaryl/α,β-unsaturated/α-hetero) is 1. The van der Waals surface area contributed by atoms with Crippen molar-refractivity contribution in [1.29, 1.82) is 0 Å². The van der Waals surface area contributed by atoms with Gasteiger partial charge in [0.05, 0.1) is 6.61 Å². The van der Waals surface area contributed by atoms with Crippen molar-refractivity contribution in [1.82, 2.24) is 0 Å². The number of aliphatic hydroxyl groups excluding tert-OH is 4. The van der Waals surface area contributed by atoms with Gasteiger partial charge in [0, 0.05) is 12.0 Å². The first-order valence-electron chi connectivity index (χ1n) is 9.00. The molecule has 6 heteroatoms. The molecule has 1 saturated heterocycles. The van der Waals surface area contributed by atoms with E-state index in [1.165, 1.54) is 0 Å². The minimum Gasteiger partial charge on any atom is -0.394 e. The van der Waals surface area contributed by atoms with Crippen molar-refractivity contribution in [2.75, 3.05) is 6.61 Å². The molecule has 1 aliphatic rings. The molecule has 1 unspecified atom stereocenters. The van der Waals surface area contributed by atoms with Gasteiger partial charge in [-0.05, 0) is 22.8 Å². The third-order valence-electron chi connectivity index (χ3n) is 4.97. The monoisotopic (exact) mass is 372 g/mol. The second-order valence-electron chi connectivity index (χ2n) is 6.73. The molecule has 3 rings (SSSR count). The highest BCUT2D eigenvalue weighted by Gasteiger charge is 2.43. The Bertz CT molecular complexity index is 786. The predicted octanol–water partition coefficient (Wildman–Crippen LogP) is 1.46. The van der Waals surface area contributed by atoms with Gasteiger partial charge in [0.25, 0.3) is 0 Å². The molecule has 1 heterocycles. The van der Waals surface area contributed by atoms with E-state index in [2.05, 4.69) is 0 Å². The van der Waals surface area contributed by atoms with Gasteiger partial charge in [-0.15, -0.1) is 0 Å². The first-order valence-corrected chi connectivity index (χ1v) is 9.00. The number of carbonyl (C=O) groups excluding carboxylic acids is 1. The molecule has 0 saturated carbocycles. The van der Waals surface area contributed by atoms with Crippen molar-refractivity contribution in [2.24, 2.45) is 0 Å². The Balaban J connectivity index is 1.88. The highest BCUT2D eigenvalue weighted by molar-refractivity contribution is 5.96. The van der Waals surface area contributed by atoms with Crippen LogP contribution in [0.2, 0.25) is 0 Å². The summed E-state index contributed by atoms with van der Waals surface area (Å²) in [5, 5.41) is 39.6. The van der Waals surface area contributed by atoms with E-state index >= 15 is 0 Å². The first kappa shape index (κ1) is 19.7. The zero-order valence-corrected chi connectivity index (χ0v) is 15.0. The van der Waals surface area contributed by atoms with Gasteiger partial charge in [-0.2, -0.15) is 0 Å². The zero-order valence-electron chi connectivity index (χ0n) is 15.0. The van der Waals surface area contributed by atoms with E-state index in [9.17, 15) is 25.2 Å². The zero-order chi connectivity index (χ0) is 19.6. The maximum absolute atomic E-state index is 11.8. The van der Waals surface area contributed by atoms with Gasteiger partial charge in [-0.1, -0.05) is 49.4 Å². The molecule has 1 aliphatic heterocycles. The van der Waals surface area contributed by atoms with Crippen LogP contribution in [0.4, 0.5) is 0 Å². The maximum Gasteiger partial charge on any atom is 0.162 e. The fraction of sp³-hybridized carbons (Fsp3) is 0.381. The SMILES string of the molecule is CCC(=O)c1ccc(-c2cccc(C3O[C@H](CO)[C@@H](O)[C@H](O)[C@@H]3O)c2)cc1. The maximum atomic E-state index is 11.8. The van der Waals surface area contributed by atoms with Crippen LogP contribution in [0.25, 0.3) is 11.1 Å². The normalized spacial score (nSPS) is 28.1. The van der Waals surface area contributed by atoms with Gasteiger partial charge in [-0.25, -0.2) is 0 Å². The molecule has 27 heavy (non-hydrogen) atoms. The summed E-state index contributed by atoms with van der Waals surface area (Å²) in [6.07, 6.45) is -5.48. The van der Waals surface area contributed by atoms with Crippen LogP contribution < -0.4 is 0 Å². The summed E-state index contributed by atoms with van der Waals surface area (Å²) in [5.74, 6) is 0.0802. The van der Waals surface area contributed by atoms with E-state index in [1.807, 2.05) is 31.2 Å². The predicted molar refractivity (Wildman–Crippen MR) is 99.2 cm³/mol. The molecule has 0 radical (unpaired) electrons. The molecule has 5 atom stereocenters. The van der Waals surface area contributed by atoms with Crippen molar-refractivity contribution in [3.05, 3.63) is 59.7 Å². The van der Waals surface area contributed by atoms with E-state index in [-0.39, 0.29) is 5.78 Å². The fourth-order valence-electron chi connectivity index (χ4n) is 3.33. The van der Waals surface area contributed by atoms with Crippen LogP contribution in [0.5, 0.6) is 0 Å². The average molecular weight is 372 g/mol. The lowest BCUT2D eigenvalue weighted by atomic mass is 9.90. The smallest absolute Gasteiger partial charge is 0.162 e. The van der Waals surface area contributed by atoms with E-state index in [0.29, 0.717) is 17.5 Å². The van der Waals surface area contributed by atoms with Crippen molar-refractivity contribution in [2.45, 2.75) is 43.9 Å². The van der Waals surface area contributed by atoms with E-state index < -0.39 is 37.1 Å². The molecule has 2 aromatic rings. The van der Waals surface area contributed by atoms with Gasteiger partial charge in [0.1, 0.15) is 30.5 Å². The first-order chi connectivity index (χ1) is 13.0. The minimum absolute atomic E-state index is 0.0802. The third kappa shape index (κ3) is 3.95. The van der Waals surface area contributed by atoms with E-state index in [1.54, 1.807) is 24.3 Å². The van der Waals surface area contributed by atoms with Crippen LogP contribution in [0.15, 0.2) is 48.5 Å². The number of rotatable bonds is 5. The standard InChI is InChI=1S/C21H24O6/c1-2-16(23)13-8-6-12(7-9-13)14-4-3-5-15(10-14)21-20(26)19(25)18(24)17(11-22)27-21/h3-10,17-22,24-26H,2,11H2,1H3/t17-,18-,19+,20+,21?/m1/s1. The lowest BCUT2D eigenvalue weighted by molar-refractivity contribution is -0.231. The molecule has 4 N–H and O–H groups in total. The summed E-state index contributed by atoms with van der Waals surface area (Å²) in [7, 11) is 0. The largest absolute Gasteiger partial charge is 0.394 e. The molecular formula is C21H24O6. The van der Waals surface area contributed by atoms with Gasteiger partial charge in [0.15, 0.2) is 5.78 Å². The number of carbonyl (C=O) groups is 1. The summed E-state index contributed by atoms with van der Waals surface area (Å²) in [6, 6.07) is 14.5. The lowest BCUT2D eigenvalue weighted by Gasteiger charge is -2.40. The number of ketones is 1. The Morgan fingerprint density at radius 1 is 0.963 bits per heavy atom. The van der Waals surface area contributed by atoms with Crippen LogP contribution in [-0.4, -0.2) is 57.2 Å². The summed E-state index contributed by atoms with van der Waals surface area (Å²) in [5.41, 5.74) is 3.04. The summed E-state index contributed by atoms with van der Waals surface area (Å²) in [4.78, 5) is 11.8. The Kier molecular flexibility index (Phi) is 6.04.